The van der Waals surface area contributed by atoms with Gasteiger partial charge in [0.1, 0.15) is 17.7 Å². The largest absolute Gasteiger partial charge is 0.477 e. The van der Waals surface area contributed by atoms with Gasteiger partial charge in [-0.15, -0.1) is 0 Å². The average Bonchev–Trinajstić information content (AvgIpc) is 3.69. The Morgan fingerprint density at radius 1 is 1.14 bits per heavy atom. The number of nitro groups is 1. The van der Waals surface area contributed by atoms with E-state index in [4.69, 9.17) is 14.5 Å². The first-order chi connectivity index (χ1) is 21.2. The van der Waals surface area contributed by atoms with E-state index in [1.54, 1.807) is 12.3 Å². The number of fused-ring (bicyclic) bond motifs is 1. The summed E-state index contributed by atoms with van der Waals surface area (Å²) >= 11 is 0. The summed E-state index contributed by atoms with van der Waals surface area (Å²) < 4.78 is 42.5. The van der Waals surface area contributed by atoms with Crippen molar-refractivity contribution >= 4 is 38.4 Å². The predicted octanol–water partition coefficient (Wildman–Crippen LogP) is 3.08. The molecule has 1 aliphatic heterocycles. The maximum absolute atomic E-state index is 13.0. The minimum Gasteiger partial charge on any atom is -0.477 e. The number of aromatic nitrogens is 6. The first-order valence-corrected chi connectivity index (χ1v) is 16.4. The summed E-state index contributed by atoms with van der Waals surface area (Å²) in [6.45, 7) is 2.87. The van der Waals surface area contributed by atoms with E-state index in [0.717, 1.165) is 42.1 Å². The quantitative estimate of drug-likeness (QED) is 0.188. The number of hydrogen-bond donors (Lipinski definition) is 0. The summed E-state index contributed by atoms with van der Waals surface area (Å²) in [7, 11) is -2.33. The van der Waals surface area contributed by atoms with Crippen LogP contribution in [-0.2, 0) is 28.4 Å². The molecule has 2 fully saturated rings. The zero-order valence-electron chi connectivity index (χ0n) is 24.6. The molecule has 0 N–H and O–H groups in total. The molecule has 0 bridgehead atoms. The molecule has 6 rings (SSSR count). The molecule has 234 valence electrons. The number of imidazole rings is 2. The molecule has 0 amide bonds. The minimum atomic E-state index is -3.81. The zero-order valence-corrected chi connectivity index (χ0v) is 25.5. The maximum Gasteiger partial charge on any atom is 0.434 e. The van der Waals surface area contributed by atoms with Gasteiger partial charge in [0.25, 0.3) is 0 Å². The van der Waals surface area contributed by atoms with Gasteiger partial charge in [0.2, 0.25) is 15.9 Å². The van der Waals surface area contributed by atoms with Gasteiger partial charge in [-0.3, -0.25) is 9.29 Å². The molecule has 1 aliphatic carbocycles. The molecule has 0 unspecified atom stereocenters. The fourth-order valence-electron chi connectivity index (χ4n) is 5.86. The van der Waals surface area contributed by atoms with E-state index >= 15 is 0 Å². The molecule has 0 aromatic carbocycles. The van der Waals surface area contributed by atoms with Crippen molar-refractivity contribution in [2.45, 2.75) is 38.3 Å². The fourth-order valence-corrected chi connectivity index (χ4v) is 6.71. The summed E-state index contributed by atoms with van der Waals surface area (Å²) in [6.07, 6.45) is 13.6. The molecular weight excluding hydrogens is 590 g/mol. The van der Waals surface area contributed by atoms with Crippen LogP contribution in [0.15, 0.2) is 43.2 Å². The molecule has 16 heteroatoms. The second-order valence-corrected chi connectivity index (χ2v) is 13.2. The van der Waals surface area contributed by atoms with E-state index < -0.39 is 14.9 Å². The highest BCUT2D eigenvalue weighted by molar-refractivity contribution is 7.92. The first kappa shape index (κ1) is 29.7. The molecule has 4 aromatic rings. The molecule has 1 saturated heterocycles. The van der Waals surface area contributed by atoms with Gasteiger partial charge in [0.15, 0.2) is 0 Å². The van der Waals surface area contributed by atoms with Crippen LogP contribution < -0.4 is 13.9 Å². The first-order valence-electron chi connectivity index (χ1n) is 14.5. The number of pyridine rings is 2. The number of anilines is 2. The number of nitrogens with zero attached hydrogens (tertiary/aromatic N) is 9. The highest BCUT2D eigenvalue weighted by atomic mass is 32.2. The van der Waals surface area contributed by atoms with E-state index in [2.05, 4.69) is 24.4 Å². The molecule has 5 heterocycles. The van der Waals surface area contributed by atoms with E-state index in [1.165, 1.54) is 24.0 Å². The summed E-state index contributed by atoms with van der Waals surface area (Å²) in [5.74, 6) is 1.09. The van der Waals surface area contributed by atoms with Crippen LogP contribution in [0.4, 0.5) is 17.5 Å². The summed E-state index contributed by atoms with van der Waals surface area (Å²) in [6, 6.07) is 4.02. The van der Waals surface area contributed by atoms with Gasteiger partial charge in [-0.1, -0.05) is 4.98 Å². The number of sulfonamides is 1. The molecule has 1 saturated carbocycles. The normalized spacial score (nSPS) is 19.3. The number of morpholine rings is 1. The molecule has 44 heavy (non-hydrogen) atoms. The molecule has 0 spiro atoms. The van der Waals surface area contributed by atoms with E-state index in [-0.39, 0.29) is 18.2 Å². The minimum absolute atomic E-state index is 0.168. The molecule has 15 nitrogen and oxygen atoms in total. The Morgan fingerprint density at radius 3 is 2.57 bits per heavy atom. The Bertz CT molecular complexity index is 1730. The van der Waals surface area contributed by atoms with Gasteiger partial charge in [0, 0.05) is 37.6 Å². The van der Waals surface area contributed by atoms with E-state index in [9.17, 15) is 18.5 Å². The van der Waals surface area contributed by atoms with Crippen molar-refractivity contribution in [2.24, 2.45) is 13.0 Å². The van der Waals surface area contributed by atoms with Crippen molar-refractivity contribution < 1.29 is 22.8 Å². The third-order valence-corrected chi connectivity index (χ3v) is 9.53. The van der Waals surface area contributed by atoms with Crippen LogP contribution in [0.2, 0.25) is 0 Å². The van der Waals surface area contributed by atoms with Crippen molar-refractivity contribution in [1.29, 1.82) is 0 Å². The monoisotopic (exact) mass is 625 g/mol. The molecule has 4 aromatic heterocycles. The van der Waals surface area contributed by atoms with Crippen LogP contribution in [0.25, 0.3) is 10.9 Å². The van der Waals surface area contributed by atoms with Crippen molar-refractivity contribution in [3.63, 3.8) is 0 Å². The van der Waals surface area contributed by atoms with Crippen LogP contribution in [0.5, 0.6) is 5.88 Å². The van der Waals surface area contributed by atoms with Gasteiger partial charge in [0.05, 0.1) is 68.8 Å². The van der Waals surface area contributed by atoms with Gasteiger partial charge >= 0.3 is 5.95 Å². The fraction of sp³-hybridized carbons (Fsp3) is 0.500. The second-order valence-electron chi connectivity index (χ2n) is 11.3. The molecule has 0 radical (unpaired) electrons. The Hall–Kier alpha value is -4.31. The number of ether oxygens (including phenoxy) is 2. The lowest BCUT2D eigenvalue weighted by Gasteiger charge is -2.30. The van der Waals surface area contributed by atoms with E-state index in [0.29, 0.717) is 67.3 Å². The van der Waals surface area contributed by atoms with E-state index in [1.807, 2.05) is 18.6 Å². The molecular formula is C28H35N9O6S. The topological polar surface area (TPSA) is 164 Å². The highest BCUT2D eigenvalue weighted by Gasteiger charge is 2.27. The van der Waals surface area contributed by atoms with Gasteiger partial charge in [-0.25, -0.2) is 18.0 Å². The summed E-state index contributed by atoms with van der Waals surface area (Å²) in [4.78, 5) is 30.3. The number of hydrogen-bond acceptors (Lipinski definition) is 11. The Morgan fingerprint density at radius 2 is 1.91 bits per heavy atom. The molecule has 2 aliphatic rings. The third kappa shape index (κ3) is 6.31. The zero-order chi connectivity index (χ0) is 30.8. The van der Waals surface area contributed by atoms with Crippen molar-refractivity contribution in [1.82, 2.24) is 29.1 Å². The third-order valence-electron chi connectivity index (χ3n) is 8.39. The van der Waals surface area contributed by atoms with Crippen molar-refractivity contribution in [2.75, 3.05) is 48.4 Å². The predicted molar refractivity (Wildman–Crippen MR) is 162 cm³/mol. The number of rotatable bonds is 10. The average molecular weight is 626 g/mol. The second kappa shape index (κ2) is 12.4. The summed E-state index contributed by atoms with van der Waals surface area (Å²) in [5, 5.41) is 11.9. The SMILES string of the molecule is Cn1c(CN(c2cnc3cc(N4CCOCC4)nc(OCC4CCC(n5ccnc5)CC4)c3c2)S(C)(=O)=O)cnc1[N+](=O)[O-]. The Labute approximate surface area is 254 Å². The Balaban J connectivity index is 1.30. The van der Waals surface area contributed by atoms with Gasteiger partial charge < -0.3 is 29.1 Å². The smallest absolute Gasteiger partial charge is 0.434 e. The van der Waals surface area contributed by atoms with Gasteiger partial charge in [-0.05, 0) is 42.6 Å². The summed E-state index contributed by atoms with van der Waals surface area (Å²) in [5.41, 5.74) is 1.26. The van der Waals surface area contributed by atoms with Gasteiger partial charge in [-0.2, -0.15) is 4.98 Å². The lowest BCUT2D eigenvalue weighted by atomic mass is 9.86. The lowest BCUT2D eigenvalue weighted by molar-refractivity contribution is -0.396. The van der Waals surface area contributed by atoms with Crippen molar-refractivity contribution in [3.05, 3.63) is 59.1 Å². The van der Waals surface area contributed by atoms with Crippen molar-refractivity contribution in [3.8, 4) is 5.88 Å². The van der Waals surface area contributed by atoms with Crippen LogP contribution in [0, 0.1) is 16.0 Å². The standard InChI is InChI=1S/C28H35N9O6S/c1-33-23(16-31-28(33)37(38)39)17-36(44(2,40)41)22-13-24-25(30-15-22)14-26(34-9-11-42-12-10-34)32-27(24)43-18-20-3-5-21(6-4-20)35-8-7-29-19-35/h7-8,13-16,19-21H,3-6,9-12,17-18H2,1-2H3. The van der Waals surface area contributed by atoms with Crippen LogP contribution >= 0.6 is 0 Å². The van der Waals surface area contributed by atoms with Crippen LogP contribution in [0.1, 0.15) is 37.4 Å². The highest BCUT2D eigenvalue weighted by Crippen LogP contribution is 2.35. The Kier molecular flexibility index (Phi) is 8.35. The maximum atomic E-state index is 13.0. The van der Waals surface area contributed by atoms with Crippen LogP contribution in [0.3, 0.4) is 0 Å². The van der Waals surface area contributed by atoms with Crippen LogP contribution in [-0.4, -0.2) is 81.6 Å². The molecule has 0 atom stereocenters. The lowest BCUT2D eigenvalue weighted by Crippen LogP contribution is -2.36.